The molecular formula is C29H27N2O2+. The highest BCUT2D eigenvalue weighted by Gasteiger charge is 2.25. The predicted octanol–water partition coefficient (Wildman–Crippen LogP) is 6.60. The summed E-state index contributed by atoms with van der Waals surface area (Å²) < 4.78 is 14.6. The van der Waals surface area contributed by atoms with Crippen LogP contribution < -0.4 is 14.2 Å². The molecule has 0 spiro atoms. The second kappa shape index (κ2) is 9.21. The number of ether oxygens (including phenoxy) is 1. The predicted molar refractivity (Wildman–Crippen MR) is 134 cm³/mol. The molecule has 0 unspecified atom stereocenters. The van der Waals surface area contributed by atoms with E-state index in [1.54, 1.807) is 0 Å². The standard InChI is InChI=1S/C29H27N2O2/c1-3-30-24-14-8-10-16-26(24)32-28(30)20-23(19-18-22-12-6-5-7-13-22)21-29-31(4-2)25-15-9-11-17-27(25)33-29/h5-21H,3-4H2,1-2H3/q+1. The van der Waals surface area contributed by atoms with Gasteiger partial charge in [-0.3, -0.25) is 0 Å². The van der Waals surface area contributed by atoms with Crippen molar-refractivity contribution in [3.05, 3.63) is 114 Å². The van der Waals surface area contributed by atoms with Gasteiger partial charge in [0.25, 0.3) is 5.52 Å². The molecule has 0 N–H and O–H groups in total. The van der Waals surface area contributed by atoms with Crippen LogP contribution in [0, 0.1) is 0 Å². The Bertz CT molecular complexity index is 1360. The molecule has 2 heterocycles. The quantitative estimate of drug-likeness (QED) is 0.252. The van der Waals surface area contributed by atoms with Crippen molar-refractivity contribution in [2.45, 2.75) is 20.4 Å². The van der Waals surface area contributed by atoms with Gasteiger partial charge < -0.3 is 14.1 Å². The monoisotopic (exact) mass is 435 g/mol. The summed E-state index contributed by atoms with van der Waals surface area (Å²) in [7, 11) is 0. The highest BCUT2D eigenvalue weighted by molar-refractivity contribution is 5.72. The maximum absolute atomic E-state index is 6.22. The summed E-state index contributed by atoms with van der Waals surface area (Å²) in [5.74, 6) is 2.49. The molecule has 1 aromatic heterocycles. The molecular weight excluding hydrogens is 408 g/mol. The Morgan fingerprint density at radius 3 is 2.48 bits per heavy atom. The van der Waals surface area contributed by atoms with Crippen LogP contribution in [0.3, 0.4) is 0 Å². The number of aryl methyl sites for hydroxylation is 1. The number of fused-ring (bicyclic) bond motifs is 2. The fraction of sp³-hybridized carbons (Fsp3) is 0.138. The van der Waals surface area contributed by atoms with Crippen molar-refractivity contribution in [2.75, 3.05) is 11.4 Å². The van der Waals surface area contributed by atoms with Crippen LogP contribution in [0.15, 0.2) is 107 Å². The number of benzene rings is 3. The molecule has 33 heavy (non-hydrogen) atoms. The summed E-state index contributed by atoms with van der Waals surface area (Å²) in [5, 5.41) is 0. The van der Waals surface area contributed by atoms with Crippen LogP contribution in [0.5, 0.6) is 5.75 Å². The van der Waals surface area contributed by atoms with E-state index in [2.05, 4.69) is 71.9 Å². The minimum Gasteiger partial charge on any atom is -0.439 e. The van der Waals surface area contributed by atoms with Crippen molar-refractivity contribution in [1.29, 1.82) is 0 Å². The van der Waals surface area contributed by atoms with Crippen LogP contribution in [0.25, 0.3) is 23.3 Å². The van der Waals surface area contributed by atoms with Gasteiger partial charge in [-0.1, -0.05) is 66.7 Å². The Balaban J connectivity index is 1.60. The molecule has 0 atom stereocenters. The molecule has 3 aromatic carbocycles. The topological polar surface area (TPSA) is 29.5 Å². The minimum absolute atomic E-state index is 0.807. The van der Waals surface area contributed by atoms with Crippen LogP contribution in [-0.2, 0) is 6.54 Å². The molecule has 164 valence electrons. The normalized spacial score (nSPS) is 14.9. The Kier molecular flexibility index (Phi) is 5.81. The number of oxazole rings is 1. The first-order valence-corrected chi connectivity index (χ1v) is 11.4. The largest absolute Gasteiger partial charge is 0.439 e. The van der Waals surface area contributed by atoms with Crippen molar-refractivity contribution in [3.8, 4) is 5.75 Å². The molecule has 5 rings (SSSR count). The zero-order valence-electron chi connectivity index (χ0n) is 18.9. The second-order valence-electron chi connectivity index (χ2n) is 7.84. The average Bonchev–Trinajstić information content (AvgIpc) is 3.39. The number of aromatic nitrogens is 1. The van der Waals surface area contributed by atoms with Gasteiger partial charge in [-0.25, -0.2) is 0 Å². The lowest BCUT2D eigenvalue weighted by Crippen LogP contribution is -2.33. The molecule has 0 radical (unpaired) electrons. The van der Waals surface area contributed by atoms with Crippen molar-refractivity contribution in [1.82, 2.24) is 0 Å². The molecule has 0 bridgehead atoms. The SMILES string of the molecule is CCN1C(=CC(C=Cc2ccccc2)=Cc2oc3ccccc3[n+]2CC)Oc2ccccc21. The van der Waals surface area contributed by atoms with E-state index in [1.807, 2.05) is 54.6 Å². The third-order valence-electron chi connectivity index (χ3n) is 5.75. The molecule has 0 saturated heterocycles. The third kappa shape index (κ3) is 4.20. The number of rotatable bonds is 6. The molecule has 0 saturated carbocycles. The fourth-order valence-corrected chi connectivity index (χ4v) is 4.15. The zero-order chi connectivity index (χ0) is 22.6. The summed E-state index contributed by atoms with van der Waals surface area (Å²) in [4.78, 5) is 2.19. The van der Waals surface area contributed by atoms with Crippen molar-refractivity contribution >= 4 is 28.9 Å². The van der Waals surface area contributed by atoms with Gasteiger partial charge in [-0.15, -0.1) is 0 Å². The van der Waals surface area contributed by atoms with Gasteiger partial charge >= 0.3 is 5.89 Å². The number of hydrogen-bond donors (Lipinski definition) is 0. The maximum atomic E-state index is 6.22. The smallest absolute Gasteiger partial charge is 0.374 e. The summed E-state index contributed by atoms with van der Waals surface area (Å²) in [6, 6.07) is 26.6. The minimum atomic E-state index is 0.807. The lowest BCUT2D eigenvalue weighted by Gasteiger charge is -2.15. The first-order valence-electron chi connectivity index (χ1n) is 11.4. The molecule has 0 aliphatic carbocycles. The van der Waals surface area contributed by atoms with Crippen molar-refractivity contribution in [2.24, 2.45) is 0 Å². The molecule has 4 aromatic rings. The van der Waals surface area contributed by atoms with Crippen LogP contribution >= 0.6 is 0 Å². The number of nitrogens with zero attached hydrogens (tertiary/aromatic N) is 2. The lowest BCUT2D eigenvalue weighted by atomic mass is 10.1. The summed E-state index contributed by atoms with van der Waals surface area (Å²) in [5.41, 5.74) is 5.18. The number of para-hydroxylation sites is 4. The van der Waals surface area contributed by atoms with Gasteiger partial charge in [-0.2, -0.15) is 4.57 Å². The van der Waals surface area contributed by atoms with E-state index in [1.165, 1.54) is 0 Å². The average molecular weight is 436 g/mol. The molecule has 0 fully saturated rings. The molecule has 1 aliphatic heterocycles. The van der Waals surface area contributed by atoms with E-state index in [-0.39, 0.29) is 0 Å². The van der Waals surface area contributed by atoms with Gasteiger partial charge in [0.05, 0.1) is 11.8 Å². The van der Waals surface area contributed by atoms with Crippen LogP contribution in [0.1, 0.15) is 25.3 Å². The van der Waals surface area contributed by atoms with E-state index < -0.39 is 0 Å². The van der Waals surface area contributed by atoms with Crippen molar-refractivity contribution in [3.63, 3.8) is 0 Å². The second-order valence-corrected chi connectivity index (χ2v) is 7.84. The Morgan fingerprint density at radius 2 is 1.67 bits per heavy atom. The van der Waals surface area contributed by atoms with Gasteiger partial charge in [0.15, 0.2) is 5.75 Å². The van der Waals surface area contributed by atoms with E-state index in [0.29, 0.717) is 0 Å². The maximum Gasteiger partial charge on any atom is 0.374 e. The van der Waals surface area contributed by atoms with Gasteiger partial charge in [0.1, 0.15) is 6.54 Å². The van der Waals surface area contributed by atoms with E-state index in [0.717, 1.165) is 58.5 Å². The Hall–Kier alpha value is -4.05. The summed E-state index contributed by atoms with van der Waals surface area (Å²) in [6.45, 7) is 5.90. The molecule has 1 aliphatic rings. The summed E-state index contributed by atoms with van der Waals surface area (Å²) in [6.07, 6.45) is 8.38. The van der Waals surface area contributed by atoms with Crippen molar-refractivity contribution < 1.29 is 13.7 Å². The Labute approximate surface area is 194 Å². The molecule has 4 heteroatoms. The first kappa shape index (κ1) is 20.8. The van der Waals surface area contributed by atoms with E-state index in [9.17, 15) is 0 Å². The molecule has 4 nitrogen and oxygen atoms in total. The van der Waals surface area contributed by atoms with Gasteiger partial charge in [0, 0.05) is 18.7 Å². The number of hydrogen-bond acceptors (Lipinski definition) is 3. The first-order chi connectivity index (χ1) is 16.3. The number of allylic oxidation sites excluding steroid dienone is 3. The van der Waals surface area contributed by atoms with E-state index >= 15 is 0 Å². The number of anilines is 1. The van der Waals surface area contributed by atoms with Gasteiger partial charge in [0.2, 0.25) is 11.5 Å². The summed E-state index contributed by atoms with van der Waals surface area (Å²) >= 11 is 0. The highest BCUT2D eigenvalue weighted by Crippen LogP contribution is 2.38. The highest BCUT2D eigenvalue weighted by atomic mass is 16.5. The molecule has 0 amide bonds. The van der Waals surface area contributed by atoms with Crippen LogP contribution in [0.2, 0.25) is 0 Å². The van der Waals surface area contributed by atoms with Crippen LogP contribution in [-0.4, -0.2) is 6.54 Å². The van der Waals surface area contributed by atoms with Crippen LogP contribution in [0.4, 0.5) is 5.69 Å². The zero-order valence-corrected chi connectivity index (χ0v) is 18.9. The third-order valence-corrected chi connectivity index (χ3v) is 5.75. The Morgan fingerprint density at radius 1 is 0.909 bits per heavy atom. The lowest BCUT2D eigenvalue weighted by molar-refractivity contribution is -0.674. The fourth-order valence-electron chi connectivity index (χ4n) is 4.15. The van der Waals surface area contributed by atoms with E-state index in [4.69, 9.17) is 9.15 Å². The van der Waals surface area contributed by atoms with Gasteiger partial charge in [-0.05, 0) is 43.2 Å².